The average Bonchev–Trinajstić information content (AvgIpc) is 2.44. The maximum Gasteiger partial charge on any atom is 0.133 e. The van der Waals surface area contributed by atoms with Crippen LogP contribution in [-0.2, 0) is 12.8 Å². The second-order valence-electron chi connectivity index (χ2n) is 6.97. The van der Waals surface area contributed by atoms with Crippen LogP contribution in [-0.4, -0.2) is 4.98 Å². The molecule has 120 valence electrons. The maximum atomic E-state index is 14.3. The van der Waals surface area contributed by atoms with Gasteiger partial charge < -0.3 is 5.73 Å². The summed E-state index contributed by atoms with van der Waals surface area (Å²) < 4.78 is 27.5. The fourth-order valence-corrected chi connectivity index (χ4v) is 3.17. The van der Waals surface area contributed by atoms with Crippen molar-refractivity contribution in [3.05, 3.63) is 59.4 Å². The zero-order valence-corrected chi connectivity index (χ0v) is 13.4. The van der Waals surface area contributed by atoms with Crippen LogP contribution in [0.2, 0.25) is 0 Å². The van der Waals surface area contributed by atoms with Gasteiger partial charge in [0.1, 0.15) is 11.6 Å². The van der Waals surface area contributed by atoms with E-state index in [9.17, 15) is 8.78 Å². The summed E-state index contributed by atoms with van der Waals surface area (Å²) in [6.45, 7) is 8.13. The molecule has 2 N–H and O–H groups in total. The number of benzene rings is 1. The third kappa shape index (κ3) is 2.98. The van der Waals surface area contributed by atoms with E-state index in [0.29, 0.717) is 17.0 Å². The maximum absolute atomic E-state index is 14.3. The number of hydrogen-bond donors (Lipinski definition) is 1. The minimum Gasteiger partial charge on any atom is -0.397 e. The van der Waals surface area contributed by atoms with E-state index in [4.69, 9.17) is 5.73 Å². The van der Waals surface area contributed by atoms with Gasteiger partial charge in [-0.2, -0.15) is 0 Å². The summed E-state index contributed by atoms with van der Waals surface area (Å²) in [5.74, 6) is -1.16. The highest BCUT2D eigenvalue weighted by molar-refractivity contribution is 5.73. The highest BCUT2D eigenvalue weighted by Gasteiger charge is 2.29. The molecule has 4 heteroatoms. The van der Waals surface area contributed by atoms with Crippen molar-refractivity contribution in [1.29, 1.82) is 0 Å². The van der Waals surface area contributed by atoms with Crippen molar-refractivity contribution in [3.8, 4) is 11.1 Å². The Balaban J connectivity index is 2.23. The molecular formula is C19H20F2N2. The van der Waals surface area contributed by atoms with Crippen molar-refractivity contribution >= 4 is 5.70 Å². The van der Waals surface area contributed by atoms with Crippen LogP contribution in [0.1, 0.15) is 37.2 Å². The number of hydrogen-bond acceptors (Lipinski definition) is 2. The second-order valence-corrected chi connectivity index (χ2v) is 6.97. The van der Waals surface area contributed by atoms with Gasteiger partial charge in [0.15, 0.2) is 0 Å². The van der Waals surface area contributed by atoms with Gasteiger partial charge in [-0.05, 0) is 54.0 Å². The Morgan fingerprint density at radius 3 is 2.61 bits per heavy atom. The molecule has 1 aromatic carbocycles. The van der Waals surface area contributed by atoms with Gasteiger partial charge in [-0.1, -0.05) is 20.4 Å². The Morgan fingerprint density at radius 2 is 1.96 bits per heavy atom. The molecule has 1 heterocycles. The lowest BCUT2D eigenvalue weighted by Crippen LogP contribution is -2.24. The number of aromatic nitrogens is 1. The van der Waals surface area contributed by atoms with E-state index in [1.807, 2.05) is 0 Å². The third-order valence-electron chi connectivity index (χ3n) is 4.46. The summed E-state index contributed by atoms with van der Waals surface area (Å²) in [6.07, 6.45) is 2.62. The topological polar surface area (TPSA) is 38.9 Å². The normalized spacial score (nSPS) is 16.0. The summed E-state index contributed by atoms with van der Waals surface area (Å²) in [5, 5.41) is 0. The van der Waals surface area contributed by atoms with Gasteiger partial charge in [-0.3, -0.25) is 4.98 Å². The molecule has 0 aliphatic heterocycles. The van der Waals surface area contributed by atoms with Gasteiger partial charge >= 0.3 is 0 Å². The molecule has 1 aliphatic rings. The molecule has 0 spiro atoms. The first kappa shape index (κ1) is 15.7. The number of halogens is 2. The number of fused-ring (bicyclic) bond motifs is 1. The van der Waals surface area contributed by atoms with Crippen molar-refractivity contribution in [2.24, 2.45) is 11.1 Å². The standard InChI is InChI=1S/C19H20F2N2/c1-11(22)17-9-15(13-5-4-12(20)8-16(13)21)14-6-7-19(2,3)10-18(14)23-17/h4-5,8-9H,1,6-7,10,22H2,2-3H3. The fraction of sp³-hybridized carbons (Fsp3) is 0.316. The van der Waals surface area contributed by atoms with E-state index in [0.717, 1.165) is 42.1 Å². The lowest BCUT2D eigenvalue weighted by molar-refractivity contribution is 0.311. The summed E-state index contributed by atoms with van der Waals surface area (Å²) in [6, 6.07) is 5.42. The molecule has 2 aromatic rings. The third-order valence-corrected chi connectivity index (χ3v) is 4.46. The van der Waals surface area contributed by atoms with Crippen LogP contribution >= 0.6 is 0 Å². The first-order chi connectivity index (χ1) is 10.8. The quantitative estimate of drug-likeness (QED) is 0.888. The van der Waals surface area contributed by atoms with Crippen molar-refractivity contribution in [1.82, 2.24) is 4.98 Å². The zero-order valence-electron chi connectivity index (χ0n) is 13.4. The smallest absolute Gasteiger partial charge is 0.133 e. The Labute approximate surface area is 135 Å². The molecule has 3 rings (SSSR count). The van der Waals surface area contributed by atoms with E-state index in [-0.39, 0.29) is 5.41 Å². The van der Waals surface area contributed by atoms with Crippen molar-refractivity contribution < 1.29 is 8.78 Å². The molecule has 2 nitrogen and oxygen atoms in total. The Bertz CT molecular complexity index is 794. The molecule has 0 unspecified atom stereocenters. The molecule has 0 amide bonds. The van der Waals surface area contributed by atoms with E-state index < -0.39 is 11.6 Å². The Hall–Kier alpha value is -2.23. The van der Waals surface area contributed by atoms with Gasteiger partial charge in [-0.25, -0.2) is 8.78 Å². The lowest BCUT2D eigenvalue weighted by atomic mass is 9.74. The molecule has 0 saturated heterocycles. The average molecular weight is 314 g/mol. The number of nitrogens with two attached hydrogens (primary N) is 1. The summed E-state index contributed by atoms with van der Waals surface area (Å²) in [7, 11) is 0. The van der Waals surface area contributed by atoms with E-state index in [2.05, 4.69) is 25.4 Å². The van der Waals surface area contributed by atoms with E-state index in [1.54, 1.807) is 6.07 Å². The Morgan fingerprint density at radius 1 is 1.22 bits per heavy atom. The predicted molar refractivity (Wildman–Crippen MR) is 88.6 cm³/mol. The van der Waals surface area contributed by atoms with Crippen LogP contribution in [0.25, 0.3) is 16.8 Å². The summed E-state index contributed by atoms with van der Waals surface area (Å²) in [4.78, 5) is 4.62. The Kier molecular flexibility index (Phi) is 3.71. The van der Waals surface area contributed by atoms with Gasteiger partial charge in [0.05, 0.1) is 11.4 Å². The highest BCUT2D eigenvalue weighted by atomic mass is 19.1. The molecule has 0 radical (unpaired) electrons. The second kappa shape index (κ2) is 5.44. The van der Waals surface area contributed by atoms with E-state index >= 15 is 0 Å². The number of pyridine rings is 1. The van der Waals surface area contributed by atoms with Gasteiger partial charge in [0.2, 0.25) is 0 Å². The molecule has 23 heavy (non-hydrogen) atoms. The van der Waals surface area contributed by atoms with Crippen LogP contribution < -0.4 is 5.73 Å². The lowest BCUT2D eigenvalue weighted by Gasteiger charge is -2.32. The van der Waals surface area contributed by atoms with Gasteiger partial charge in [0, 0.05) is 17.3 Å². The SMILES string of the molecule is C=C(N)c1cc(-c2ccc(F)cc2F)c2c(n1)CC(C)(C)CC2. The van der Waals surface area contributed by atoms with Gasteiger partial charge in [-0.15, -0.1) is 0 Å². The van der Waals surface area contributed by atoms with Crippen molar-refractivity contribution in [2.45, 2.75) is 33.1 Å². The number of rotatable bonds is 2. The summed E-state index contributed by atoms with van der Waals surface area (Å²) in [5.41, 5.74) is 9.95. The van der Waals surface area contributed by atoms with Crippen molar-refractivity contribution in [2.75, 3.05) is 0 Å². The molecule has 1 aliphatic carbocycles. The predicted octanol–water partition coefficient (Wildman–Crippen LogP) is 4.47. The fourth-order valence-electron chi connectivity index (χ4n) is 3.17. The van der Waals surface area contributed by atoms with Crippen LogP contribution in [0.4, 0.5) is 8.78 Å². The minimum atomic E-state index is -0.584. The van der Waals surface area contributed by atoms with E-state index in [1.165, 1.54) is 12.1 Å². The van der Waals surface area contributed by atoms with Crippen LogP contribution in [0.3, 0.4) is 0 Å². The largest absolute Gasteiger partial charge is 0.397 e. The van der Waals surface area contributed by atoms with Crippen LogP contribution in [0.15, 0.2) is 30.8 Å². The summed E-state index contributed by atoms with van der Waals surface area (Å²) >= 11 is 0. The van der Waals surface area contributed by atoms with Crippen LogP contribution in [0.5, 0.6) is 0 Å². The number of nitrogens with zero attached hydrogens (tertiary/aromatic N) is 1. The molecule has 1 aromatic heterocycles. The molecule has 0 atom stereocenters. The molecule has 0 saturated carbocycles. The molecule has 0 fully saturated rings. The first-order valence-electron chi connectivity index (χ1n) is 7.70. The molecular weight excluding hydrogens is 294 g/mol. The first-order valence-corrected chi connectivity index (χ1v) is 7.70. The minimum absolute atomic E-state index is 0.146. The molecule has 0 bridgehead atoms. The van der Waals surface area contributed by atoms with Crippen molar-refractivity contribution in [3.63, 3.8) is 0 Å². The monoisotopic (exact) mass is 314 g/mol. The zero-order chi connectivity index (χ0) is 16.8. The highest BCUT2D eigenvalue weighted by Crippen LogP contribution is 2.39. The van der Waals surface area contributed by atoms with Crippen LogP contribution in [0, 0.1) is 17.0 Å². The van der Waals surface area contributed by atoms with Gasteiger partial charge in [0.25, 0.3) is 0 Å².